The van der Waals surface area contributed by atoms with Crippen molar-refractivity contribution in [2.24, 2.45) is 0 Å². The molecule has 0 fully saturated rings. The molecule has 0 aromatic carbocycles. The van der Waals surface area contributed by atoms with Crippen molar-refractivity contribution in [3.63, 3.8) is 0 Å². The van der Waals surface area contributed by atoms with Crippen molar-refractivity contribution in [1.82, 2.24) is 10.3 Å². The second kappa shape index (κ2) is 6.38. The van der Waals surface area contributed by atoms with E-state index in [1.807, 2.05) is 19.0 Å². The normalized spacial score (nSPS) is 13.9. The van der Waals surface area contributed by atoms with Crippen molar-refractivity contribution >= 4 is 34.1 Å². The topological polar surface area (TPSA) is 28.2 Å². The van der Waals surface area contributed by atoms with E-state index >= 15 is 0 Å². The SMILES string of the molecule is CCNC(C)C(C)=Cc1sc(N(C)C)nc1Cl. The molecule has 0 aliphatic heterocycles. The third-order valence-corrected chi connectivity index (χ3v) is 4.10. The lowest BCUT2D eigenvalue weighted by atomic mass is 10.1. The summed E-state index contributed by atoms with van der Waals surface area (Å²) in [5.74, 6) is 0. The Bertz CT molecular complexity index is 398. The van der Waals surface area contributed by atoms with Gasteiger partial charge in [0, 0.05) is 20.1 Å². The van der Waals surface area contributed by atoms with Crippen molar-refractivity contribution in [3.05, 3.63) is 15.6 Å². The van der Waals surface area contributed by atoms with Crippen LogP contribution in [0, 0.1) is 0 Å². The summed E-state index contributed by atoms with van der Waals surface area (Å²) in [6.45, 7) is 7.33. The predicted molar refractivity (Wildman–Crippen MR) is 78.2 cm³/mol. The van der Waals surface area contributed by atoms with Crippen LogP contribution in [0.15, 0.2) is 5.57 Å². The van der Waals surface area contributed by atoms with Crippen LogP contribution in [0.25, 0.3) is 6.08 Å². The Morgan fingerprint density at radius 2 is 2.24 bits per heavy atom. The molecule has 1 aromatic rings. The molecule has 1 aromatic heterocycles. The van der Waals surface area contributed by atoms with Gasteiger partial charge in [-0.25, -0.2) is 4.98 Å². The first-order valence-electron chi connectivity index (χ1n) is 5.71. The zero-order chi connectivity index (χ0) is 13.0. The molecular weight excluding hydrogens is 254 g/mol. The summed E-state index contributed by atoms with van der Waals surface area (Å²) < 4.78 is 0. The van der Waals surface area contributed by atoms with Crippen molar-refractivity contribution in [1.29, 1.82) is 0 Å². The first-order valence-corrected chi connectivity index (χ1v) is 6.90. The lowest BCUT2D eigenvalue weighted by molar-refractivity contribution is 0.636. The van der Waals surface area contributed by atoms with Gasteiger partial charge < -0.3 is 10.2 Å². The molecule has 3 nitrogen and oxygen atoms in total. The van der Waals surface area contributed by atoms with Gasteiger partial charge in [-0.15, -0.1) is 0 Å². The number of anilines is 1. The molecule has 1 unspecified atom stereocenters. The van der Waals surface area contributed by atoms with Crippen LogP contribution in [0.3, 0.4) is 0 Å². The average Bonchev–Trinajstić information content (AvgIpc) is 2.61. The third kappa shape index (κ3) is 3.98. The zero-order valence-corrected chi connectivity index (χ0v) is 12.6. The summed E-state index contributed by atoms with van der Waals surface area (Å²) in [5, 5.41) is 4.90. The predicted octanol–water partition coefficient (Wildman–Crippen LogP) is 3.26. The molecule has 0 aliphatic carbocycles. The van der Waals surface area contributed by atoms with Crippen LogP contribution in [-0.2, 0) is 0 Å². The first-order chi connectivity index (χ1) is 7.95. The molecule has 0 aliphatic rings. The Kier molecular flexibility index (Phi) is 5.43. The third-order valence-electron chi connectivity index (χ3n) is 2.53. The van der Waals surface area contributed by atoms with Gasteiger partial charge in [-0.2, -0.15) is 0 Å². The molecule has 0 radical (unpaired) electrons. The second-order valence-electron chi connectivity index (χ2n) is 4.21. The van der Waals surface area contributed by atoms with Gasteiger partial charge in [0.1, 0.15) is 5.15 Å². The van der Waals surface area contributed by atoms with E-state index in [0.29, 0.717) is 11.2 Å². The lowest BCUT2D eigenvalue weighted by Crippen LogP contribution is -2.26. The highest BCUT2D eigenvalue weighted by Gasteiger charge is 2.10. The van der Waals surface area contributed by atoms with Gasteiger partial charge >= 0.3 is 0 Å². The average molecular weight is 274 g/mol. The van der Waals surface area contributed by atoms with E-state index in [1.165, 1.54) is 5.57 Å². The Labute approximate surface area is 112 Å². The smallest absolute Gasteiger partial charge is 0.186 e. The standard InChI is InChI=1S/C12H20ClN3S/c1-6-14-9(3)8(2)7-10-11(13)15-12(17-10)16(4)5/h7,9,14H,6H2,1-5H3. The van der Waals surface area contributed by atoms with E-state index in [1.54, 1.807) is 11.3 Å². The van der Waals surface area contributed by atoms with E-state index in [9.17, 15) is 0 Å². The number of aromatic nitrogens is 1. The molecule has 0 amide bonds. The molecule has 1 N–H and O–H groups in total. The minimum absolute atomic E-state index is 0.362. The van der Waals surface area contributed by atoms with Crippen LogP contribution in [-0.4, -0.2) is 31.7 Å². The highest BCUT2D eigenvalue weighted by Crippen LogP contribution is 2.30. The fourth-order valence-corrected chi connectivity index (χ4v) is 2.57. The Morgan fingerprint density at radius 3 is 2.71 bits per heavy atom. The van der Waals surface area contributed by atoms with Gasteiger partial charge in [-0.3, -0.25) is 0 Å². The zero-order valence-electron chi connectivity index (χ0n) is 11.0. The highest BCUT2D eigenvalue weighted by molar-refractivity contribution is 7.17. The summed E-state index contributed by atoms with van der Waals surface area (Å²) in [4.78, 5) is 7.31. The number of likely N-dealkylation sites (N-methyl/N-ethyl adjacent to an activating group) is 1. The molecule has 17 heavy (non-hydrogen) atoms. The largest absolute Gasteiger partial charge is 0.354 e. The molecule has 1 heterocycles. The van der Waals surface area contributed by atoms with Gasteiger partial charge in [0.05, 0.1) is 4.88 Å². The van der Waals surface area contributed by atoms with Gasteiger partial charge in [0.15, 0.2) is 5.13 Å². The Morgan fingerprint density at radius 1 is 1.59 bits per heavy atom. The van der Waals surface area contributed by atoms with Crippen molar-refractivity contribution in [2.75, 3.05) is 25.5 Å². The van der Waals surface area contributed by atoms with E-state index in [0.717, 1.165) is 16.6 Å². The molecule has 1 atom stereocenters. The number of nitrogens with zero attached hydrogens (tertiary/aromatic N) is 2. The van der Waals surface area contributed by atoms with Gasteiger partial charge in [0.2, 0.25) is 0 Å². The van der Waals surface area contributed by atoms with Gasteiger partial charge in [0.25, 0.3) is 0 Å². The lowest BCUT2D eigenvalue weighted by Gasteiger charge is -2.12. The van der Waals surface area contributed by atoms with E-state index in [-0.39, 0.29) is 0 Å². The summed E-state index contributed by atoms with van der Waals surface area (Å²) in [6.07, 6.45) is 2.11. The van der Waals surface area contributed by atoms with Crippen molar-refractivity contribution in [2.45, 2.75) is 26.8 Å². The highest BCUT2D eigenvalue weighted by atomic mass is 35.5. The molecular formula is C12H20ClN3S. The first kappa shape index (κ1) is 14.5. The summed E-state index contributed by atoms with van der Waals surface area (Å²) in [7, 11) is 3.94. The minimum atomic E-state index is 0.362. The number of nitrogens with one attached hydrogen (secondary N) is 1. The van der Waals surface area contributed by atoms with Crippen LogP contribution in [0.2, 0.25) is 5.15 Å². The van der Waals surface area contributed by atoms with Crippen LogP contribution in [0.4, 0.5) is 5.13 Å². The molecule has 1 rings (SSSR count). The number of rotatable bonds is 5. The quantitative estimate of drug-likeness (QED) is 0.893. The number of hydrogen-bond donors (Lipinski definition) is 1. The van der Waals surface area contributed by atoms with Crippen LogP contribution in [0.1, 0.15) is 25.6 Å². The van der Waals surface area contributed by atoms with Gasteiger partial charge in [-0.1, -0.05) is 35.4 Å². The molecule has 0 saturated heterocycles. The maximum absolute atomic E-state index is 6.12. The van der Waals surface area contributed by atoms with Gasteiger partial charge in [-0.05, 0) is 26.5 Å². The summed E-state index contributed by atoms with van der Waals surface area (Å²) in [6, 6.07) is 0.362. The maximum atomic E-state index is 6.12. The van der Waals surface area contributed by atoms with E-state index in [4.69, 9.17) is 11.6 Å². The van der Waals surface area contributed by atoms with E-state index in [2.05, 4.69) is 37.1 Å². The fourth-order valence-electron chi connectivity index (χ4n) is 1.38. The van der Waals surface area contributed by atoms with E-state index < -0.39 is 0 Å². The molecule has 0 saturated carbocycles. The summed E-state index contributed by atoms with van der Waals surface area (Å²) >= 11 is 7.73. The number of hydrogen-bond acceptors (Lipinski definition) is 4. The van der Waals surface area contributed by atoms with Crippen LogP contribution >= 0.6 is 22.9 Å². The molecule has 0 bridgehead atoms. The number of halogens is 1. The molecule has 5 heteroatoms. The summed E-state index contributed by atoms with van der Waals surface area (Å²) in [5.41, 5.74) is 1.27. The second-order valence-corrected chi connectivity index (χ2v) is 5.58. The minimum Gasteiger partial charge on any atom is -0.354 e. The van der Waals surface area contributed by atoms with Crippen molar-refractivity contribution < 1.29 is 0 Å². The van der Waals surface area contributed by atoms with Crippen LogP contribution < -0.4 is 10.2 Å². The molecule has 0 spiro atoms. The molecule has 96 valence electrons. The maximum Gasteiger partial charge on any atom is 0.186 e. The monoisotopic (exact) mass is 273 g/mol. The Hall–Kier alpha value is -0.580. The van der Waals surface area contributed by atoms with Crippen LogP contribution in [0.5, 0.6) is 0 Å². The number of thiazole rings is 1. The fraction of sp³-hybridized carbons (Fsp3) is 0.583. The Balaban J connectivity index is 2.89. The van der Waals surface area contributed by atoms with Crippen molar-refractivity contribution in [3.8, 4) is 0 Å².